The predicted octanol–water partition coefficient (Wildman–Crippen LogP) is 1.45. The Bertz CT molecular complexity index is 473. The van der Waals surface area contributed by atoms with Gasteiger partial charge in [-0.3, -0.25) is 4.79 Å². The van der Waals surface area contributed by atoms with Crippen LogP contribution in [0, 0.1) is 0 Å². The number of nitrogens with one attached hydrogen (secondary N) is 1. The van der Waals surface area contributed by atoms with Gasteiger partial charge >= 0.3 is 5.97 Å². The average Bonchev–Trinajstić information content (AvgIpc) is 3.04. The van der Waals surface area contributed by atoms with Crippen molar-refractivity contribution in [2.24, 2.45) is 0 Å². The smallest absolute Gasteiger partial charge is 0.339 e. The van der Waals surface area contributed by atoms with Crippen molar-refractivity contribution >= 4 is 11.9 Å². The van der Waals surface area contributed by atoms with Crippen molar-refractivity contribution < 1.29 is 23.8 Å². The number of aryl methyl sites for hydroxylation is 1. The van der Waals surface area contributed by atoms with Gasteiger partial charge in [-0.15, -0.1) is 0 Å². The molecule has 2 rings (SSSR count). The first kappa shape index (κ1) is 13.6. The Morgan fingerprint density at radius 2 is 2.32 bits per heavy atom. The maximum absolute atomic E-state index is 11.9. The minimum atomic E-state index is -1.08. The fraction of sp³-hybridized carbons (Fsp3) is 0.538. The quantitative estimate of drug-likeness (QED) is 0.842. The van der Waals surface area contributed by atoms with Gasteiger partial charge in [0.05, 0.1) is 6.10 Å². The molecular formula is C13H17NO5. The Kier molecular flexibility index (Phi) is 4.21. The number of hydrogen-bond donors (Lipinski definition) is 2. The van der Waals surface area contributed by atoms with Crippen LogP contribution in [-0.4, -0.2) is 36.2 Å². The lowest BCUT2D eigenvalue weighted by Crippen LogP contribution is -2.31. The molecule has 19 heavy (non-hydrogen) atoms. The topological polar surface area (TPSA) is 88.8 Å². The molecule has 0 aromatic carbocycles. The van der Waals surface area contributed by atoms with Crippen LogP contribution in [0.2, 0.25) is 0 Å². The Morgan fingerprint density at radius 3 is 2.84 bits per heavy atom. The Hall–Kier alpha value is -1.82. The third-order valence-electron chi connectivity index (χ3n) is 3.10. The summed E-state index contributed by atoms with van der Waals surface area (Å²) in [4.78, 5) is 22.8. The molecule has 0 spiro atoms. The molecule has 1 fully saturated rings. The van der Waals surface area contributed by atoms with Crippen LogP contribution in [0.15, 0.2) is 10.5 Å². The molecule has 104 valence electrons. The highest BCUT2D eigenvalue weighted by Gasteiger charge is 2.21. The third-order valence-corrected chi connectivity index (χ3v) is 3.10. The molecule has 1 saturated heterocycles. The van der Waals surface area contributed by atoms with Gasteiger partial charge < -0.3 is 19.6 Å². The summed E-state index contributed by atoms with van der Waals surface area (Å²) in [5.74, 6) is -1.14. The number of rotatable bonds is 5. The average molecular weight is 267 g/mol. The molecule has 1 amide bonds. The van der Waals surface area contributed by atoms with Gasteiger partial charge in [0.15, 0.2) is 5.76 Å². The molecule has 2 N–H and O–H groups in total. The van der Waals surface area contributed by atoms with E-state index in [1.807, 2.05) is 0 Å². The maximum atomic E-state index is 11.9. The molecule has 1 atom stereocenters. The number of carboxylic acids is 1. The van der Waals surface area contributed by atoms with Crippen molar-refractivity contribution in [3.8, 4) is 0 Å². The van der Waals surface area contributed by atoms with Gasteiger partial charge in [0.1, 0.15) is 11.3 Å². The van der Waals surface area contributed by atoms with Gasteiger partial charge in [0.25, 0.3) is 5.91 Å². The molecule has 6 nitrogen and oxygen atoms in total. The first-order chi connectivity index (χ1) is 9.11. The summed E-state index contributed by atoms with van der Waals surface area (Å²) in [5.41, 5.74) is 0.0461. The van der Waals surface area contributed by atoms with Crippen LogP contribution >= 0.6 is 0 Å². The van der Waals surface area contributed by atoms with Gasteiger partial charge in [-0.25, -0.2) is 4.79 Å². The normalized spacial score (nSPS) is 18.5. The zero-order chi connectivity index (χ0) is 13.8. The highest BCUT2D eigenvalue weighted by molar-refractivity contribution is 5.96. The van der Waals surface area contributed by atoms with Crippen LogP contribution in [0.4, 0.5) is 0 Å². The molecule has 0 bridgehead atoms. The summed E-state index contributed by atoms with van der Waals surface area (Å²) < 4.78 is 10.7. The van der Waals surface area contributed by atoms with Gasteiger partial charge in [-0.2, -0.15) is 0 Å². The van der Waals surface area contributed by atoms with E-state index in [9.17, 15) is 9.59 Å². The lowest BCUT2D eigenvalue weighted by atomic mass is 10.2. The minimum Gasteiger partial charge on any atom is -0.478 e. The van der Waals surface area contributed by atoms with E-state index in [0.29, 0.717) is 18.7 Å². The minimum absolute atomic E-state index is 0.0345. The molecule has 0 saturated carbocycles. The van der Waals surface area contributed by atoms with Crippen molar-refractivity contribution in [1.82, 2.24) is 5.32 Å². The molecule has 1 aliphatic heterocycles. The maximum Gasteiger partial charge on any atom is 0.339 e. The monoisotopic (exact) mass is 267 g/mol. The second-order valence-corrected chi connectivity index (χ2v) is 4.45. The van der Waals surface area contributed by atoms with Crippen LogP contribution in [0.3, 0.4) is 0 Å². The number of hydrogen-bond acceptors (Lipinski definition) is 4. The second-order valence-electron chi connectivity index (χ2n) is 4.45. The zero-order valence-electron chi connectivity index (χ0n) is 10.8. The van der Waals surface area contributed by atoms with Crippen LogP contribution in [-0.2, 0) is 11.2 Å². The fourth-order valence-electron chi connectivity index (χ4n) is 2.08. The van der Waals surface area contributed by atoms with Crippen molar-refractivity contribution in [3.05, 3.63) is 23.2 Å². The van der Waals surface area contributed by atoms with Crippen molar-refractivity contribution in [3.63, 3.8) is 0 Å². The molecular weight excluding hydrogens is 250 g/mol. The van der Waals surface area contributed by atoms with Crippen LogP contribution < -0.4 is 5.32 Å². The number of carboxylic acid groups (broad SMARTS) is 1. The van der Waals surface area contributed by atoms with E-state index >= 15 is 0 Å². The van der Waals surface area contributed by atoms with Crippen LogP contribution in [0.1, 0.15) is 46.4 Å². The second kappa shape index (κ2) is 5.88. The fourth-order valence-corrected chi connectivity index (χ4v) is 2.08. The zero-order valence-corrected chi connectivity index (χ0v) is 10.8. The number of aromatic carboxylic acids is 1. The van der Waals surface area contributed by atoms with E-state index in [0.717, 1.165) is 19.4 Å². The molecule has 1 aromatic heterocycles. The van der Waals surface area contributed by atoms with E-state index in [4.69, 9.17) is 14.3 Å². The predicted molar refractivity (Wildman–Crippen MR) is 66.4 cm³/mol. The van der Waals surface area contributed by atoms with E-state index in [1.54, 1.807) is 6.92 Å². The van der Waals surface area contributed by atoms with Crippen LogP contribution in [0.25, 0.3) is 0 Å². The number of ether oxygens (including phenoxy) is 1. The van der Waals surface area contributed by atoms with Gasteiger partial charge in [-0.1, -0.05) is 6.92 Å². The third kappa shape index (κ3) is 3.14. The number of furan rings is 1. The Balaban J connectivity index is 2.00. The van der Waals surface area contributed by atoms with Gasteiger partial charge in [-0.05, 0) is 12.8 Å². The van der Waals surface area contributed by atoms with Crippen molar-refractivity contribution in [1.29, 1.82) is 0 Å². The largest absolute Gasteiger partial charge is 0.478 e. The van der Waals surface area contributed by atoms with E-state index in [-0.39, 0.29) is 17.4 Å². The molecule has 6 heteroatoms. The summed E-state index contributed by atoms with van der Waals surface area (Å²) in [7, 11) is 0. The summed E-state index contributed by atoms with van der Waals surface area (Å²) >= 11 is 0. The highest BCUT2D eigenvalue weighted by Crippen LogP contribution is 2.17. The molecule has 2 heterocycles. The summed E-state index contributed by atoms with van der Waals surface area (Å²) in [6, 6.07) is 1.27. The highest BCUT2D eigenvalue weighted by atomic mass is 16.5. The molecule has 1 aromatic rings. The number of carbonyl (C=O) groups excluding carboxylic acids is 1. The molecule has 0 radical (unpaired) electrons. The summed E-state index contributed by atoms with van der Waals surface area (Å²) in [6.45, 7) is 2.92. The summed E-state index contributed by atoms with van der Waals surface area (Å²) in [6.07, 6.45) is 2.41. The van der Waals surface area contributed by atoms with E-state index in [1.165, 1.54) is 6.07 Å². The van der Waals surface area contributed by atoms with Crippen molar-refractivity contribution in [2.45, 2.75) is 32.3 Å². The number of amides is 1. The first-order valence-corrected chi connectivity index (χ1v) is 6.37. The van der Waals surface area contributed by atoms with Gasteiger partial charge in [0.2, 0.25) is 0 Å². The molecule has 1 aliphatic rings. The number of carbonyl (C=O) groups is 2. The molecule has 1 unspecified atom stereocenters. The standard InChI is InChI=1S/C13H17NO5/c1-2-10-9(13(16)17)6-11(19-10)12(15)14-7-8-4-3-5-18-8/h6,8H,2-5,7H2,1H3,(H,14,15)(H,16,17). The molecule has 0 aliphatic carbocycles. The first-order valence-electron chi connectivity index (χ1n) is 6.37. The lowest BCUT2D eigenvalue weighted by Gasteiger charge is -2.09. The van der Waals surface area contributed by atoms with Crippen molar-refractivity contribution in [2.75, 3.05) is 13.2 Å². The van der Waals surface area contributed by atoms with Crippen LogP contribution in [0.5, 0.6) is 0 Å². The Labute approximate surface area is 110 Å². The van der Waals surface area contributed by atoms with Gasteiger partial charge in [0, 0.05) is 25.6 Å². The Morgan fingerprint density at radius 1 is 1.53 bits per heavy atom. The van der Waals surface area contributed by atoms with E-state index < -0.39 is 11.9 Å². The lowest BCUT2D eigenvalue weighted by molar-refractivity contribution is 0.0694. The summed E-state index contributed by atoms with van der Waals surface area (Å²) in [5, 5.41) is 11.7. The SMILES string of the molecule is CCc1oc(C(=O)NCC2CCCO2)cc1C(=O)O. The van der Waals surface area contributed by atoms with E-state index in [2.05, 4.69) is 5.32 Å².